The molecule has 0 radical (unpaired) electrons. The van der Waals surface area contributed by atoms with Gasteiger partial charge in [-0.25, -0.2) is 0 Å². The highest BCUT2D eigenvalue weighted by molar-refractivity contribution is 5.76. The quantitative estimate of drug-likeness (QED) is 0.502. The van der Waals surface area contributed by atoms with Gasteiger partial charge in [-0.1, -0.05) is 38.7 Å². The van der Waals surface area contributed by atoms with E-state index in [0.717, 1.165) is 37.3 Å². The molecule has 2 N–H and O–H groups in total. The Hall–Kier alpha value is -1.37. The average Bonchev–Trinajstić information content (AvgIpc) is 3.25. The highest BCUT2D eigenvalue weighted by Gasteiger charge is 2.38. The number of unbranched alkanes of at least 4 members (excludes halogenated alkanes) is 4. The maximum Gasteiger partial charge on any atom is 0.220 e. The summed E-state index contributed by atoms with van der Waals surface area (Å²) in [6.45, 7) is 8.09. The highest BCUT2D eigenvalue weighted by atomic mass is 16.6. The summed E-state index contributed by atoms with van der Waals surface area (Å²) in [6, 6.07) is -0.316. The Kier molecular flexibility index (Phi) is 8.78. The van der Waals surface area contributed by atoms with Crippen molar-refractivity contribution in [2.24, 2.45) is 0 Å². The minimum Gasteiger partial charge on any atom is -0.492 e. The number of aliphatic hydroxyl groups is 1. The summed E-state index contributed by atoms with van der Waals surface area (Å²) in [7, 11) is 0. The molecule has 1 unspecified atom stereocenters. The van der Waals surface area contributed by atoms with E-state index in [1.54, 1.807) is 0 Å². The lowest BCUT2D eigenvalue weighted by Crippen LogP contribution is -2.51. The van der Waals surface area contributed by atoms with Gasteiger partial charge in [0.05, 0.1) is 12.6 Å². The second-order valence-electron chi connectivity index (χ2n) is 9.14. The van der Waals surface area contributed by atoms with Crippen LogP contribution in [0, 0.1) is 0 Å². The number of carbonyl (C=O) groups excluding carboxylic acids is 1. The van der Waals surface area contributed by atoms with Crippen LogP contribution < -0.4 is 5.32 Å². The first kappa shape index (κ1) is 23.3. The highest BCUT2D eigenvalue weighted by Crippen LogP contribution is 2.36. The Morgan fingerprint density at radius 1 is 1.23 bits per heavy atom. The van der Waals surface area contributed by atoms with Crippen LogP contribution in [0.4, 0.5) is 0 Å². The van der Waals surface area contributed by atoms with Crippen molar-refractivity contribution in [3.05, 3.63) is 23.5 Å². The number of hydrogen-bond acceptors (Lipinski definition) is 5. The van der Waals surface area contributed by atoms with Gasteiger partial charge in [0, 0.05) is 19.4 Å². The fourth-order valence-corrected chi connectivity index (χ4v) is 4.59. The molecular weight excluding hydrogens is 380 g/mol. The van der Waals surface area contributed by atoms with E-state index in [1.165, 1.54) is 32.1 Å². The van der Waals surface area contributed by atoms with Gasteiger partial charge in [-0.15, -0.1) is 0 Å². The molecule has 2 heterocycles. The lowest BCUT2D eigenvalue weighted by atomic mass is 9.87. The lowest BCUT2D eigenvalue weighted by molar-refractivity contribution is -0.122. The Balaban J connectivity index is 1.61. The van der Waals surface area contributed by atoms with Crippen molar-refractivity contribution in [3.8, 4) is 0 Å². The van der Waals surface area contributed by atoms with Gasteiger partial charge in [-0.2, -0.15) is 0 Å². The maximum atomic E-state index is 12.6. The van der Waals surface area contributed by atoms with Gasteiger partial charge in [0.1, 0.15) is 24.1 Å². The van der Waals surface area contributed by atoms with E-state index in [0.29, 0.717) is 32.6 Å². The number of nitrogens with zero attached hydrogens (tertiary/aromatic N) is 1. The van der Waals surface area contributed by atoms with E-state index in [4.69, 9.17) is 9.47 Å². The number of likely N-dealkylation sites (tertiary alicyclic amines) is 1. The molecule has 1 aliphatic carbocycles. The van der Waals surface area contributed by atoms with Gasteiger partial charge in [0.15, 0.2) is 0 Å². The summed E-state index contributed by atoms with van der Waals surface area (Å²) in [6.07, 6.45) is 12.4. The summed E-state index contributed by atoms with van der Waals surface area (Å²) in [4.78, 5) is 14.9. The van der Waals surface area contributed by atoms with Crippen molar-refractivity contribution in [1.82, 2.24) is 10.2 Å². The number of fused-ring (bicyclic) bond motifs is 1. The molecule has 0 spiro atoms. The van der Waals surface area contributed by atoms with E-state index >= 15 is 0 Å². The minimum absolute atomic E-state index is 0.0425. The molecule has 6 heteroatoms. The van der Waals surface area contributed by atoms with Crippen molar-refractivity contribution < 1.29 is 19.4 Å². The molecule has 1 amide bonds. The van der Waals surface area contributed by atoms with Crippen LogP contribution in [0.1, 0.15) is 71.6 Å². The maximum absolute atomic E-state index is 12.6. The van der Waals surface area contributed by atoms with Crippen molar-refractivity contribution in [2.45, 2.75) is 89.4 Å². The Labute approximate surface area is 181 Å². The van der Waals surface area contributed by atoms with Crippen LogP contribution in [0.3, 0.4) is 0 Å². The third-order valence-electron chi connectivity index (χ3n) is 6.54. The smallest absolute Gasteiger partial charge is 0.220 e. The van der Waals surface area contributed by atoms with E-state index < -0.39 is 11.7 Å². The van der Waals surface area contributed by atoms with Crippen LogP contribution in [0.25, 0.3) is 0 Å². The Morgan fingerprint density at radius 3 is 2.77 bits per heavy atom. The number of amides is 1. The molecule has 3 atom stereocenters. The SMILES string of the molecule is CCCCCCCC(=O)N[C@H](CN1CCCC1)[C@H](O)C1=CCC2(C)OCCOC2=C1. The van der Waals surface area contributed by atoms with Gasteiger partial charge < -0.3 is 24.8 Å². The molecule has 170 valence electrons. The molecule has 3 rings (SSSR count). The van der Waals surface area contributed by atoms with Crippen molar-refractivity contribution in [2.75, 3.05) is 32.8 Å². The summed E-state index contributed by atoms with van der Waals surface area (Å²) in [5, 5.41) is 14.3. The second-order valence-corrected chi connectivity index (χ2v) is 9.14. The van der Waals surface area contributed by atoms with E-state index in [-0.39, 0.29) is 11.9 Å². The first-order chi connectivity index (χ1) is 14.5. The summed E-state index contributed by atoms with van der Waals surface area (Å²) in [5.74, 6) is 0.827. The first-order valence-corrected chi connectivity index (χ1v) is 11.9. The minimum atomic E-state index is -0.753. The third kappa shape index (κ3) is 6.32. The molecule has 0 aromatic rings. The molecule has 0 bridgehead atoms. The fraction of sp³-hybridized carbons (Fsp3) is 0.792. The number of rotatable bonds is 11. The number of aliphatic hydroxyl groups excluding tert-OH is 1. The van der Waals surface area contributed by atoms with Crippen molar-refractivity contribution in [1.29, 1.82) is 0 Å². The number of carbonyl (C=O) groups is 1. The van der Waals surface area contributed by atoms with Gasteiger partial charge in [0.2, 0.25) is 5.91 Å². The van der Waals surface area contributed by atoms with Crippen LogP contribution >= 0.6 is 0 Å². The molecule has 3 aliphatic rings. The first-order valence-electron chi connectivity index (χ1n) is 11.9. The predicted molar refractivity (Wildman–Crippen MR) is 118 cm³/mol. The molecule has 0 aromatic heterocycles. The summed E-state index contributed by atoms with van der Waals surface area (Å²) < 4.78 is 11.7. The van der Waals surface area contributed by atoms with Crippen LogP contribution in [0.5, 0.6) is 0 Å². The third-order valence-corrected chi connectivity index (χ3v) is 6.54. The Morgan fingerprint density at radius 2 is 2.00 bits per heavy atom. The molecule has 0 aromatic carbocycles. The van der Waals surface area contributed by atoms with Gasteiger partial charge in [-0.3, -0.25) is 4.79 Å². The fourth-order valence-electron chi connectivity index (χ4n) is 4.59. The van der Waals surface area contributed by atoms with Crippen molar-refractivity contribution in [3.63, 3.8) is 0 Å². The van der Waals surface area contributed by atoms with E-state index in [1.807, 2.05) is 19.1 Å². The molecule has 0 saturated carbocycles. The predicted octanol–water partition coefficient (Wildman–Crippen LogP) is 3.31. The largest absolute Gasteiger partial charge is 0.492 e. The zero-order valence-corrected chi connectivity index (χ0v) is 18.8. The molecule has 6 nitrogen and oxygen atoms in total. The molecular formula is C24H40N2O4. The second kappa shape index (κ2) is 11.3. The Bertz CT molecular complexity index is 627. The number of ether oxygens (including phenoxy) is 2. The van der Waals surface area contributed by atoms with Gasteiger partial charge in [-0.05, 0) is 50.9 Å². The standard InChI is InChI=1S/C24H40N2O4/c1-3-4-5-6-7-10-22(27)25-20(18-26-13-8-9-14-26)23(28)19-11-12-24(2)21(17-19)29-15-16-30-24/h11,17,20,23,28H,3-10,12-16,18H2,1-2H3,(H,25,27)/t20-,23-,24?/m1/s1. The number of hydrogen-bond donors (Lipinski definition) is 2. The van der Waals surface area contributed by atoms with E-state index in [2.05, 4.69) is 17.1 Å². The molecule has 2 fully saturated rings. The lowest BCUT2D eigenvalue weighted by Gasteiger charge is -2.39. The van der Waals surface area contributed by atoms with Crippen LogP contribution in [0.2, 0.25) is 0 Å². The van der Waals surface area contributed by atoms with Gasteiger partial charge >= 0.3 is 0 Å². The summed E-state index contributed by atoms with van der Waals surface area (Å²) >= 11 is 0. The van der Waals surface area contributed by atoms with E-state index in [9.17, 15) is 9.90 Å². The number of nitrogens with one attached hydrogen (secondary N) is 1. The van der Waals surface area contributed by atoms with Gasteiger partial charge in [0.25, 0.3) is 0 Å². The zero-order valence-electron chi connectivity index (χ0n) is 18.8. The van der Waals surface area contributed by atoms with Crippen LogP contribution in [-0.2, 0) is 14.3 Å². The average molecular weight is 421 g/mol. The monoisotopic (exact) mass is 420 g/mol. The van der Waals surface area contributed by atoms with Crippen molar-refractivity contribution >= 4 is 5.91 Å². The molecule has 2 aliphatic heterocycles. The zero-order chi connectivity index (χ0) is 21.4. The molecule has 2 saturated heterocycles. The summed E-state index contributed by atoms with van der Waals surface area (Å²) in [5.41, 5.74) is 0.383. The topological polar surface area (TPSA) is 71.0 Å². The van der Waals surface area contributed by atoms with Crippen LogP contribution in [0.15, 0.2) is 23.5 Å². The molecule has 30 heavy (non-hydrogen) atoms. The van der Waals surface area contributed by atoms with Crippen LogP contribution in [-0.4, -0.2) is 66.5 Å². The normalized spacial score (nSPS) is 26.2.